The predicted molar refractivity (Wildman–Crippen MR) is 92.7 cm³/mol. The Balaban J connectivity index is 1.69. The molecule has 3 rings (SSSR count). The number of hydrogen-bond donors (Lipinski definition) is 0. The Labute approximate surface area is 147 Å². The lowest BCUT2D eigenvalue weighted by molar-refractivity contribution is 0.0490. The molecule has 5 nitrogen and oxygen atoms in total. The van der Waals surface area contributed by atoms with Gasteiger partial charge in [-0.3, -0.25) is 9.36 Å². The van der Waals surface area contributed by atoms with Gasteiger partial charge in [-0.05, 0) is 30.3 Å². The maximum Gasteiger partial charge on any atom is 0.339 e. The third-order valence-corrected chi connectivity index (χ3v) is 4.00. The Bertz CT molecular complexity index is 969. The molecule has 0 fully saturated rings. The van der Waals surface area contributed by atoms with Crippen LogP contribution in [0.2, 0.25) is 10.0 Å². The lowest BCUT2D eigenvalue weighted by Crippen LogP contribution is -2.23. The van der Waals surface area contributed by atoms with E-state index >= 15 is 0 Å². The van der Waals surface area contributed by atoms with Gasteiger partial charge in [0.2, 0.25) is 0 Å². The summed E-state index contributed by atoms with van der Waals surface area (Å²) in [6, 6.07) is 11.6. The van der Waals surface area contributed by atoms with Gasteiger partial charge in [-0.25, -0.2) is 9.78 Å². The zero-order valence-corrected chi connectivity index (χ0v) is 13.9. The average molecular weight is 363 g/mol. The van der Waals surface area contributed by atoms with Crippen LogP contribution < -0.4 is 5.56 Å². The van der Waals surface area contributed by atoms with Gasteiger partial charge in [0, 0.05) is 5.02 Å². The van der Waals surface area contributed by atoms with E-state index in [4.69, 9.17) is 27.9 Å². The molecule has 24 heavy (non-hydrogen) atoms. The normalized spacial score (nSPS) is 10.8. The summed E-state index contributed by atoms with van der Waals surface area (Å²) < 4.78 is 6.57. The smallest absolute Gasteiger partial charge is 0.339 e. The molecule has 0 N–H and O–H groups in total. The Morgan fingerprint density at radius 2 is 1.96 bits per heavy atom. The summed E-state index contributed by atoms with van der Waals surface area (Å²) in [6.07, 6.45) is 1.44. The highest BCUT2D eigenvalue weighted by Crippen LogP contribution is 2.21. The number of halogens is 2. The summed E-state index contributed by atoms with van der Waals surface area (Å²) in [4.78, 5) is 28.5. The fraction of sp³-hybridized carbons (Fsp3) is 0.118. The van der Waals surface area contributed by atoms with Crippen LogP contribution in [-0.2, 0) is 11.3 Å². The second kappa shape index (κ2) is 7.03. The monoisotopic (exact) mass is 362 g/mol. The molecule has 0 aliphatic heterocycles. The van der Waals surface area contributed by atoms with E-state index in [-0.39, 0.29) is 29.3 Å². The maximum absolute atomic E-state index is 12.3. The van der Waals surface area contributed by atoms with Gasteiger partial charge >= 0.3 is 5.97 Å². The van der Waals surface area contributed by atoms with Crippen molar-refractivity contribution in [2.75, 3.05) is 6.61 Å². The van der Waals surface area contributed by atoms with Crippen molar-refractivity contribution in [1.82, 2.24) is 9.55 Å². The molecule has 1 heterocycles. The molecule has 0 aliphatic carbocycles. The van der Waals surface area contributed by atoms with Crippen LogP contribution >= 0.6 is 23.2 Å². The molecule has 7 heteroatoms. The number of benzene rings is 2. The van der Waals surface area contributed by atoms with Crippen molar-refractivity contribution in [3.8, 4) is 0 Å². The van der Waals surface area contributed by atoms with Gasteiger partial charge in [0.15, 0.2) is 0 Å². The van der Waals surface area contributed by atoms with Gasteiger partial charge in [-0.15, -0.1) is 0 Å². The molecule has 122 valence electrons. The first-order valence-corrected chi connectivity index (χ1v) is 7.88. The molecule has 1 aromatic heterocycles. The number of fused-ring (bicyclic) bond motifs is 1. The number of carbonyl (C=O) groups excluding carboxylic acids is 1. The molecule has 0 aliphatic rings. The number of hydrogen-bond acceptors (Lipinski definition) is 4. The van der Waals surface area contributed by atoms with E-state index in [1.165, 1.54) is 23.0 Å². The summed E-state index contributed by atoms with van der Waals surface area (Å²) in [5, 5.41) is 1.18. The van der Waals surface area contributed by atoms with E-state index in [0.29, 0.717) is 15.9 Å². The molecule has 0 amide bonds. The van der Waals surface area contributed by atoms with Crippen LogP contribution in [0.25, 0.3) is 10.9 Å². The molecular formula is C17H12Cl2N2O3. The zero-order valence-electron chi connectivity index (χ0n) is 12.4. The fourth-order valence-corrected chi connectivity index (χ4v) is 2.72. The molecule has 0 radical (unpaired) electrons. The Hall–Kier alpha value is -2.37. The zero-order chi connectivity index (χ0) is 17.1. The largest absolute Gasteiger partial charge is 0.460 e. The Morgan fingerprint density at radius 1 is 1.17 bits per heavy atom. The highest BCUT2D eigenvalue weighted by Gasteiger charge is 2.12. The van der Waals surface area contributed by atoms with Crippen LogP contribution in [0, 0.1) is 0 Å². The van der Waals surface area contributed by atoms with Crippen molar-refractivity contribution in [1.29, 1.82) is 0 Å². The minimum Gasteiger partial charge on any atom is -0.460 e. The minimum atomic E-state index is -0.571. The van der Waals surface area contributed by atoms with Crippen molar-refractivity contribution in [2.45, 2.75) is 6.54 Å². The highest BCUT2D eigenvalue weighted by molar-refractivity contribution is 6.36. The third-order valence-electron chi connectivity index (χ3n) is 3.45. The number of esters is 1. The van der Waals surface area contributed by atoms with Gasteiger partial charge in [0.05, 0.1) is 34.4 Å². The lowest BCUT2D eigenvalue weighted by atomic mass is 10.2. The van der Waals surface area contributed by atoms with Gasteiger partial charge < -0.3 is 4.74 Å². The molecule has 0 saturated heterocycles. The molecule has 0 bridgehead atoms. The second-order valence-electron chi connectivity index (χ2n) is 5.02. The summed E-state index contributed by atoms with van der Waals surface area (Å²) in [7, 11) is 0. The minimum absolute atomic E-state index is 0.0255. The molecule has 2 aromatic carbocycles. The molecule has 0 spiro atoms. The Morgan fingerprint density at radius 3 is 2.75 bits per heavy atom. The second-order valence-corrected chi connectivity index (χ2v) is 5.86. The van der Waals surface area contributed by atoms with E-state index in [1.807, 2.05) is 6.07 Å². The van der Waals surface area contributed by atoms with Crippen molar-refractivity contribution < 1.29 is 9.53 Å². The standard InChI is InChI=1S/C17H12Cl2N2O3/c18-11-5-6-12(14(19)9-11)17(23)24-8-7-21-10-20-15-4-2-1-3-13(15)16(21)22/h1-6,9-10H,7-8H2. The number of rotatable bonds is 4. The predicted octanol–water partition coefficient (Wildman–Crippen LogP) is 3.56. The maximum atomic E-state index is 12.3. The van der Waals surface area contributed by atoms with Gasteiger partial charge in [0.1, 0.15) is 6.61 Å². The number of carbonyl (C=O) groups is 1. The van der Waals surface area contributed by atoms with E-state index in [9.17, 15) is 9.59 Å². The number of para-hydroxylation sites is 1. The van der Waals surface area contributed by atoms with E-state index in [2.05, 4.69) is 4.98 Å². The van der Waals surface area contributed by atoms with Crippen molar-refractivity contribution in [2.24, 2.45) is 0 Å². The topological polar surface area (TPSA) is 61.2 Å². The highest BCUT2D eigenvalue weighted by atomic mass is 35.5. The summed E-state index contributed by atoms with van der Waals surface area (Å²) in [5.74, 6) is -0.571. The molecule has 0 atom stereocenters. The van der Waals surface area contributed by atoms with Crippen LogP contribution in [0.15, 0.2) is 53.6 Å². The number of aromatic nitrogens is 2. The Kier molecular flexibility index (Phi) is 4.83. The van der Waals surface area contributed by atoms with Crippen LogP contribution in [0.1, 0.15) is 10.4 Å². The first-order chi connectivity index (χ1) is 11.6. The van der Waals surface area contributed by atoms with Gasteiger partial charge in [0.25, 0.3) is 5.56 Å². The van der Waals surface area contributed by atoms with Crippen LogP contribution in [0.3, 0.4) is 0 Å². The van der Waals surface area contributed by atoms with E-state index in [0.717, 1.165) is 0 Å². The third kappa shape index (κ3) is 3.42. The molecule has 0 saturated carbocycles. The van der Waals surface area contributed by atoms with Gasteiger partial charge in [-0.2, -0.15) is 0 Å². The van der Waals surface area contributed by atoms with Crippen molar-refractivity contribution in [3.05, 3.63) is 74.8 Å². The average Bonchev–Trinajstić information content (AvgIpc) is 2.57. The lowest BCUT2D eigenvalue weighted by Gasteiger charge is -2.08. The molecule has 3 aromatic rings. The van der Waals surface area contributed by atoms with Gasteiger partial charge in [-0.1, -0.05) is 35.3 Å². The SMILES string of the molecule is O=C(OCCn1cnc2ccccc2c1=O)c1ccc(Cl)cc1Cl. The summed E-state index contributed by atoms with van der Waals surface area (Å²) in [6.45, 7) is 0.228. The first-order valence-electron chi connectivity index (χ1n) is 7.12. The summed E-state index contributed by atoms with van der Waals surface area (Å²) in [5.41, 5.74) is 0.676. The first kappa shape index (κ1) is 16.5. The fourth-order valence-electron chi connectivity index (χ4n) is 2.23. The quantitative estimate of drug-likeness (QED) is 0.665. The van der Waals surface area contributed by atoms with Crippen molar-refractivity contribution >= 4 is 40.1 Å². The van der Waals surface area contributed by atoms with Crippen LogP contribution in [0.4, 0.5) is 0 Å². The van der Waals surface area contributed by atoms with E-state index in [1.54, 1.807) is 24.3 Å². The van der Waals surface area contributed by atoms with E-state index < -0.39 is 5.97 Å². The van der Waals surface area contributed by atoms with Crippen LogP contribution in [0.5, 0.6) is 0 Å². The molecular weight excluding hydrogens is 351 g/mol. The number of ether oxygens (including phenoxy) is 1. The van der Waals surface area contributed by atoms with Crippen molar-refractivity contribution in [3.63, 3.8) is 0 Å². The number of nitrogens with zero attached hydrogens (tertiary/aromatic N) is 2. The summed E-state index contributed by atoms with van der Waals surface area (Å²) >= 11 is 11.7. The molecule has 0 unspecified atom stereocenters. The van der Waals surface area contributed by atoms with Crippen LogP contribution in [-0.4, -0.2) is 22.1 Å².